The van der Waals surface area contributed by atoms with Crippen molar-refractivity contribution < 1.29 is 14.0 Å². The third-order valence-electron chi connectivity index (χ3n) is 4.83. The molecule has 0 spiro atoms. The van der Waals surface area contributed by atoms with Crippen LogP contribution in [0.15, 0.2) is 18.2 Å². The summed E-state index contributed by atoms with van der Waals surface area (Å²) < 4.78 is 14.0. The van der Waals surface area contributed by atoms with Gasteiger partial charge in [-0.05, 0) is 43.9 Å². The molecular formula is C18H23ClFN3O2. The number of anilines is 1. The molecule has 5 nitrogen and oxygen atoms in total. The lowest BCUT2D eigenvalue weighted by molar-refractivity contribution is -0.136. The molecule has 1 aromatic rings. The second-order valence-electron chi connectivity index (χ2n) is 6.80. The standard InChI is InChI=1S/C18H23ClFN3O2/c1-12-5-6-15(14(19)9-12)21-18(25)23-11-13(20)10-16(23)17(24)22-7-3-2-4-8-22/h5-6,9,13,16H,2-4,7-8,10-11H2,1H3,(H,21,25)/t13-,16-/m0/s1. The van der Waals surface area contributed by atoms with Crippen LogP contribution in [-0.2, 0) is 4.79 Å². The van der Waals surface area contributed by atoms with Gasteiger partial charge in [0.15, 0.2) is 0 Å². The van der Waals surface area contributed by atoms with Crippen LogP contribution in [0, 0.1) is 6.92 Å². The summed E-state index contributed by atoms with van der Waals surface area (Å²) in [5, 5.41) is 3.13. The second-order valence-corrected chi connectivity index (χ2v) is 7.21. The zero-order valence-corrected chi connectivity index (χ0v) is 15.1. The van der Waals surface area contributed by atoms with Gasteiger partial charge in [-0.1, -0.05) is 17.7 Å². The predicted molar refractivity (Wildman–Crippen MR) is 95.6 cm³/mol. The van der Waals surface area contributed by atoms with E-state index in [-0.39, 0.29) is 18.9 Å². The van der Waals surface area contributed by atoms with E-state index in [0.717, 1.165) is 24.8 Å². The number of piperidine rings is 1. The Morgan fingerprint density at radius 1 is 1.24 bits per heavy atom. The number of amides is 3. The molecule has 2 saturated heterocycles. The highest BCUT2D eigenvalue weighted by molar-refractivity contribution is 6.33. The summed E-state index contributed by atoms with van der Waals surface area (Å²) in [5.74, 6) is -0.148. The molecule has 1 aromatic carbocycles. The Hall–Kier alpha value is -1.82. The number of hydrogen-bond donors (Lipinski definition) is 1. The number of benzene rings is 1. The molecule has 3 rings (SSSR count). The molecule has 2 fully saturated rings. The molecule has 0 saturated carbocycles. The Labute approximate surface area is 152 Å². The summed E-state index contributed by atoms with van der Waals surface area (Å²) in [7, 11) is 0. The van der Waals surface area contributed by atoms with E-state index in [4.69, 9.17) is 11.6 Å². The third-order valence-corrected chi connectivity index (χ3v) is 5.14. The van der Waals surface area contributed by atoms with E-state index in [1.54, 1.807) is 17.0 Å². The number of nitrogens with zero attached hydrogens (tertiary/aromatic N) is 2. The molecule has 0 aromatic heterocycles. The highest BCUT2D eigenvalue weighted by atomic mass is 35.5. The Balaban J connectivity index is 1.71. The molecule has 0 unspecified atom stereocenters. The number of urea groups is 1. The molecule has 1 N–H and O–H groups in total. The van der Waals surface area contributed by atoms with Crippen LogP contribution in [-0.4, -0.2) is 53.6 Å². The van der Waals surface area contributed by atoms with Crippen molar-refractivity contribution in [2.75, 3.05) is 25.0 Å². The topological polar surface area (TPSA) is 52.7 Å². The molecule has 136 valence electrons. The molecule has 7 heteroatoms. The van der Waals surface area contributed by atoms with E-state index in [1.807, 2.05) is 13.0 Å². The van der Waals surface area contributed by atoms with Gasteiger partial charge in [-0.15, -0.1) is 0 Å². The first-order chi connectivity index (χ1) is 12.0. The second kappa shape index (κ2) is 7.60. The Morgan fingerprint density at radius 2 is 1.96 bits per heavy atom. The summed E-state index contributed by atoms with van der Waals surface area (Å²) in [6, 6.07) is 4.06. The minimum Gasteiger partial charge on any atom is -0.341 e. The number of rotatable bonds is 2. The van der Waals surface area contributed by atoms with Crippen LogP contribution in [0.2, 0.25) is 5.02 Å². The third kappa shape index (κ3) is 4.06. The number of alkyl halides is 1. The SMILES string of the molecule is Cc1ccc(NC(=O)N2C[C@@H](F)C[C@H]2C(=O)N2CCCCC2)c(Cl)c1. The number of carbonyl (C=O) groups excluding carboxylic acids is 2. The lowest BCUT2D eigenvalue weighted by Gasteiger charge is -2.32. The van der Waals surface area contributed by atoms with Crippen LogP contribution in [0.1, 0.15) is 31.2 Å². The van der Waals surface area contributed by atoms with E-state index >= 15 is 0 Å². The van der Waals surface area contributed by atoms with Gasteiger partial charge in [0.1, 0.15) is 12.2 Å². The van der Waals surface area contributed by atoms with Crippen molar-refractivity contribution in [2.45, 2.75) is 44.8 Å². The van der Waals surface area contributed by atoms with Gasteiger partial charge in [0.25, 0.3) is 0 Å². The summed E-state index contributed by atoms with van der Waals surface area (Å²) >= 11 is 6.15. The van der Waals surface area contributed by atoms with Gasteiger partial charge in [0, 0.05) is 19.5 Å². The van der Waals surface area contributed by atoms with Gasteiger partial charge in [-0.3, -0.25) is 4.79 Å². The van der Waals surface area contributed by atoms with Gasteiger partial charge < -0.3 is 15.1 Å². The average Bonchev–Trinajstić information content (AvgIpc) is 2.99. The van der Waals surface area contributed by atoms with E-state index in [1.165, 1.54) is 4.90 Å². The lowest BCUT2D eigenvalue weighted by Crippen LogP contribution is -2.50. The van der Waals surface area contributed by atoms with E-state index in [0.29, 0.717) is 23.8 Å². The number of nitrogens with one attached hydrogen (secondary N) is 1. The summed E-state index contributed by atoms with van der Waals surface area (Å²) in [4.78, 5) is 28.4. The fraction of sp³-hybridized carbons (Fsp3) is 0.556. The number of carbonyl (C=O) groups is 2. The Kier molecular flexibility index (Phi) is 5.47. The molecule has 2 heterocycles. The number of aryl methyl sites for hydroxylation is 1. The van der Waals surface area contributed by atoms with Gasteiger partial charge in [0.05, 0.1) is 17.3 Å². The maximum Gasteiger partial charge on any atom is 0.322 e. The van der Waals surface area contributed by atoms with Crippen LogP contribution >= 0.6 is 11.6 Å². The number of likely N-dealkylation sites (tertiary alicyclic amines) is 2. The van der Waals surface area contributed by atoms with Crippen molar-refractivity contribution in [1.29, 1.82) is 0 Å². The van der Waals surface area contributed by atoms with Crippen LogP contribution in [0.25, 0.3) is 0 Å². The zero-order chi connectivity index (χ0) is 18.0. The summed E-state index contributed by atoms with van der Waals surface area (Å²) in [6.45, 7) is 3.20. The Bertz CT molecular complexity index is 664. The predicted octanol–water partition coefficient (Wildman–Crippen LogP) is 3.61. The molecule has 0 bridgehead atoms. The van der Waals surface area contributed by atoms with Crippen molar-refractivity contribution in [3.8, 4) is 0 Å². The monoisotopic (exact) mass is 367 g/mol. The Morgan fingerprint density at radius 3 is 2.64 bits per heavy atom. The zero-order valence-electron chi connectivity index (χ0n) is 14.3. The molecule has 0 radical (unpaired) electrons. The van der Waals surface area contributed by atoms with Crippen molar-refractivity contribution >= 4 is 29.2 Å². The lowest BCUT2D eigenvalue weighted by atomic mass is 10.1. The maximum atomic E-state index is 14.0. The van der Waals surface area contributed by atoms with Crippen molar-refractivity contribution in [2.24, 2.45) is 0 Å². The number of halogens is 2. The van der Waals surface area contributed by atoms with Crippen LogP contribution in [0.3, 0.4) is 0 Å². The minimum atomic E-state index is -1.18. The molecule has 2 aliphatic rings. The fourth-order valence-corrected chi connectivity index (χ4v) is 3.76. The highest BCUT2D eigenvalue weighted by Crippen LogP contribution is 2.27. The minimum absolute atomic E-state index is 0.0599. The van der Waals surface area contributed by atoms with Crippen molar-refractivity contribution in [3.05, 3.63) is 28.8 Å². The largest absolute Gasteiger partial charge is 0.341 e. The van der Waals surface area contributed by atoms with Crippen molar-refractivity contribution in [3.63, 3.8) is 0 Å². The first-order valence-electron chi connectivity index (χ1n) is 8.72. The van der Waals surface area contributed by atoms with Crippen LogP contribution in [0.5, 0.6) is 0 Å². The quantitative estimate of drug-likeness (QED) is 0.868. The number of hydrogen-bond acceptors (Lipinski definition) is 2. The molecule has 2 atom stereocenters. The summed E-state index contributed by atoms with van der Waals surface area (Å²) in [6.07, 6.45) is 1.91. The van der Waals surface area contributed by atoms with Crippen LogP contribution in [0.4, 0.5) is 14.9 Å². The van der Waals surface area contributed by atoms with Gasteiger partial charge >= 0.3 is 6.03 Å². The first-order valence-corrected chi connectivity index (χ1v) is 9.10. The van der Waals surface area contributed by atoms with Gasteiger partial charge in [-0.2, -0.15) is 0 Å². The van der Waals surface area contributed by atoms with E-state index < -0.39 is 18.2 Å². The normalized spacial score (nSPS) is 23.6. The van der Waals surface area contributed by atoms with Crippen LogP contribution < -0.4 is 5.32 Å². The molecular weight excluding hydrogens is 345 g/mol. The average molecular weight is 368 g/mol. The molecule has 2 aliphatic heterocycles. The maximum absolute atomic E-state index is 14.0. The van der Waals surface area contributed by atoms with Crippen molar-refractivity contribution in [1.82, 2.24) is 9.80 Å². The van der Waals surface area contributed by atoms with E-state index in [2.05, 4.69) is 5.32 Å². The van der Waals surface area contributed by atoms with E-state index in [9.17, 15) is 14.0 Å². The molecule has 0 aliphatic carbocycles. The van der Waals surface area contributed by atoms with Gasteiger partial charge in [-0.25, -0.2) is 9.18 Å². The molecule has 3 amide bonds. The highest BCUT2D eigenvalue weighted by Gasteiger charge is 2.41. The molecule has 25 heavy (non-hydrogen) atoms. The fourth-order valence-electron chi connectivity index (χ4n) is 3.48. The smallest absolute Gasteiger partial charge is 0.322 e. The first kappa shape index (κ1) is 18.0. The van der Waals surface area contributed by atoms with Gasteiger partial charge in [0.2, 0.25) is 5.91 Å². The summed E-state index contributed by atoms with van der Waals surface area (Å²) in [5.41, 5.74) is 1.44.